The van der Waals surface area contributed by atoms with Gasteiger partial charge in [-0.05, 0) is 30.9 Å². The van der Waals surface area contributed by atoms with Crippen molar-refractivity contribution < 1.29 is 15.0 Å². The van der Waals surface area contributed by atoms with Gasteiger partial charge in [0.2, 0.25) is 0 Å². The summed E-state index contributed by atoms with van der Waals surface area (Å²) < 4.78 is 0. The summed E-state index contributed by atoms with van der Waals surface area (Å²) in [6, 6.07) is 7.34. The first-order valence-corrected chi connectivity index (χ1v) is 5.69. The summed E-state index contributed by atoms with van der Waals surface area (Å²) in [6.45, 7) is 0. The number of hydrogen-bond donors (Lipinski definition) is 2. The van der Waals surface area contributed by atoms with E-state index in [0.29, 0.717) is 5.75 Å². The van der Waals surface area contributed by atoms with Crippen molar-refractivity contribution in [3.05, 3.63) is 29.8 Å². The highest BCUT2D eigenvalue weighted by Gasteiger charge is 2.00. The summed E-state index contributed by atoms with van der Waals surface area (Å²) in [5, 5.41) is 18.0. The Hall–Kier alpha value is -1.51. The SMILES string of the molecule is O=C(O)CCCCCCc1ccccc1O. The first kappa shape index (κ1) is 12.6. The van der Waals surface area contributed by atoms with Gasteiger partial charge in [0, 0.05) is 6.42 Å². The van der Waals surface area contributed by atoms with Gasteiger partial charge in [0.25, 0.3) is 0 Å². The predicted octanol–water partition coefficient (Wildman–Crippen LogP) is 2.97. The molecule has 1 aromatic carbocycles. The topological polar surface area (TPSA) is 57.5 Å². The molecule has 0 heterocycles. The van der Waals surface area contributed by atoms with Crippen LogP contribution in [0.15, 0.2) is 24.3 Å². The van der Waals surface area contributed by atoms with E-state index in [0.717, 1.165) is 37.7 Å². The quantitative estimate of drug-likeness (QED) is 0.697. The van der Waals surface area contributed by atoms with Gasteiger partial charge in [-0.1, -0.05) is 31.0 Å². The number of carbonyl (C=O) groups is 1. The third-order valence-electron chi connectivity index (χ3n) is 2.58. The molecule has 0 aliphatic carbocycles. The molecular weight excluding hydrogens is 204 g/mol. The highest BCUT2D eigenvalue weighted by Crippen LogP contribution is 2.18. The monoisotopic (exact) mass is 222 g/mol. The van der Waals surface area contributed by atoms with Crippen LogP contribution in [0.3, 0.4) is 0 Å². The summed E-state index contributed by atoms with van der Waals surface area (Å²) in [7, 11) is 0. The molecule has 0 unspecified atom stereocenters. The molecule has 3 heteroatoms. The zero-order valence-electron chi connectivity index (χ0n) is 9.35. The highest BCUT2D eigenvalue weighted by molar-refractivity contribution is 5.66. The fraction of sp³-hybridized carbons (Fsp3) is 0.462. The minimum atomic E-state index is -0.722. The zero-order valence-corrected chi connectivity index (χ0v) is 9.35. The van der Waals surface area contributed by atoms with Crippen LogP contribution in [-0.2, 0) is 11.2 Å². The van der Waals surface area contributed by atoms with Gasteiger partial charge in [0.15, 0.2) is 0 Å². The number of hydrogen-bond acceptors (Lipinski definition) is 2. The molecule has 0 aliphatic rings. The van der Waals surface area contributed by atoms with Gasteiger partial charge in [-0.3, -0.25) is 4.79 Å². The Kier molecular flexibility index (Phi) is 5.40. The van der Waals surface area contributed by atoms with Gasteiger partial charge in [-0.15, -0.1) is 0 Å². The van der Waals surface area contributed by atoms with E-state index < -0.39 is 5.97 Å². The van der Waals surface area contributed by atoms with Crippen molar-refractivity contribution in [3.8, 4) is 5.75 Å². The van der Waals surface area contributed by atoms with Crippen LogP contribution in [0.25, 0.3) is 0 Å². The number of carboxylic acids is 1. The van der Waals surface area contributed by atoms with Crippen LogP contribution in [0, 0.1) is 0 Å². The molecular formula is C13H18O3. The van der Waals surface area contributed by atoms with Gasteiger partial charge in [0.05, 0.1) is 0 Å². The normalized spacial score (nSPS) is 10.2. The maximum absolute atomic E-state index is 10.3. The van der Waals surface area contributed by atoms with Crippen LogP contribution in [-0.4, -0.2) is 16.2 Å². The summed E-state index contributed by atoms with van der Waals surface area (Å²) in [4.78, 5) is 10.3. The van der Waals surface area contributed by atoms with Crippen LogP contribution in [0.5, 0.6) is 5.75 Å². The Bertz CT molecular complexity index is 334. The van der Waals surface area contributed by atoms with Crippen LogP contribution in [0.4, 0.5) is 0 Å². The number of aryl methyl sites for hydroxylation is 1. The second-order valence-corrected chi connectivity index (χ2v) is 3.94. The fourth-order valence-corrected chi connectivity index (χ4v) is 1.67. The van der Waals surface area contributed by atoms with Crippen molar-refractivity contribution >= 4 is 5.97 Å². The van der Waals surface area contributed by atoms with Crippen LogP contribution >= 0.6 is 0 Å². The van der Waals surface area contributed by atoms with Gasteiger partial charge in [-0.2, -0.15) is 0 Å². The van der Waals surface area contributed by atoms with Gasteiger partial charge in [0.1, 0.15) is 5.75 Å². The zero-order chi connectivity index (χ0) is 11.8. The molecule has 0 amide bonds. The third kappa shape index (κ3) is 4.82. The van der Waals surface area contributed by atoms with Gasteiger partial charge in [-0.25, -0.2) is 0 Å². The van der Waals surface area contributed by atoms with E-state index in [2.05, 4.69) is 0 Å². The number of phenols is 1. The molecule has 0 radical (unpaired) electrons. The average Bonchev–Trinajstić information content (AvgIpc) is 2.25. The Morgan fingerprint density at radius 3 is 2.44 bits per heavy atom. The smallest absolute Gasteiger partial charge is 0.303 e. The van der Waals surface area contributed by atoms with E-state index in [1.54, 1.807) is 6.07 Å². The third-order valence-corrected chi connectivity index (χ3v) is 2.58. The van der Waals surface area contributed by atoms with E-state index in [4.69, 9.17) is 5.11 Å². The molecule has 1 rings (SSSR count). The Labute approximate surface area is 95.7 Å². The number of benzene rings is 1. The Balaban J connectivity index is 2.12. The number of aromatic hydroxyl groups is 1. The summed E-state index contributed by atoms with van der Waals surface area (Å²) in [5.41, 5.74) is 0.973. The lowest BCUT2D eigenvalue weighted by molar-refractivity contribution is -0.137. The lowest BCUT2D eigenvalue weighted by Gasteiger charge is -2.03. The van der Waals surface area contributed by atoms with Crippen molar-refractivity contribution in [2.75, 3.05) is 0 Å². The fourth-order valence-electron chi connectivity index (χ4n) is 1.67. The summed E-state index contributed by atoms with van der Waals surface area (Å²) >= 11 is 0. The minimum absolute atomic E-state index is 0.261. The van der Waals surface area contributed by atoms with Crippen LogP contribution in [0.2, 0.25) is 0 Å². The molecule has 16 heavy (non-hydrogen) atoms. The molecule has 2 N–H and O–H groups in total. The van der Waals surface area contributed by atoms with Crippen molar-refractivity contribution in [2.45, 2.75) is 38.5 Å². The molecule has 0 aromatic heterocycles. The van der Waals surface area contributed by atoms with Crippen molar-refractivity contribution in [1.29, 1.82) is 0 Å². The lowest BCUT2D eigenvalue weighted by Crippen LogP contribution is -1.94. The Morgan fingerprint density at radius 1 is 1.06 bits per heavy atom. The van der Waals surface area contributed by atoms with Gasteiger partial charge < -0.3 is 10.2 Å². The predicted molar refractivity (Wildman–Crippen MR) is 62.5 cm³/mol. The number of rotatable bonds is 7. The summed E-state index contributed by atoms with van der Waals surface area (Å²) in [6.07, 6.45) is 4.82. The summed E-state index contributed by atoms with van der Waals surface area (Å²) in [5.74, 6) is -0.367. The molecule has 0 aliphatic heterocycles. The molecule has 0 saturated carbocycles. The molecule has 1 aromatic rings. The molecule has 3 nitrogen and oxygen atoms in total. The van der Waals surface area contributed by atoms with E-state index in [1.165, 1.54) is 0 Å². The van der Waals surface area contributed by atoms with Crippen LogP contribution < -0.4 is 0 Å². The lowest BCUT2D eigenvalue weighted by atomic mass is 10.0. The van der Waals surface area contributed by atoms with E-state index >= 15 is 0 Å². The largest absolute Gasteiger partial charge is 0.508 e. The first-order chi connectivity index (χ1) is 7.70. The number of phenolic OH excluding ortho intramolecular Hbond substituents is 1. The number of aliphatic carboxylic acids is 1. The number of carboxylic acid groups (broad SMARTS) is 1. The van der Waals surface area contributed by atoms with Crippen molar-refractivity contribution in [1.82, 2.24) is 0 Å². The Morgan fingerprint density at radius 2 is 1.75 bits per heavy atom. The van der Waals surface area contributed by atoms with Crippen LogP contribution in [0.1, 0.15) is 37.7 Å². The van der Waals surface area contributed by atoms with E-state index in [9.17, 15) is 9.90 Å². The maximum atomic E-state index is 10.3. The second-order valence-electron chi connectivity index (χ2n) is 3.94. The maximum Gasteiger partial charge on any atom is 0.303 e. The number of para-hydroxylation sites is 1. The average molecular weight is 222 g/mol. The standard InChI is InChI=1S/C13H18O3/c14-12-9-6-5-8-11(12)7-3-1-2-4-10-13(15)16/h5-6,8-9,14H,1-4,7,10H2,(H,15,16). The molecule has 0 fully saturated rings. The molecule has 0 spiro atoms. The second kappa shape index (κ2) is 6.88. The molecule has 0 atom stereocenters. The molecule has 0 bridgehead atoms. The van der Waals surface area contributed by atoms with Gasteiger partial charge >= 0.3 is 5.97 Å². The van der Waals surface area contributed by atoms with Crippen molar-refractivity contribution in [2.24, 2.45) is 0 Å². The minimum Gasteiger partial charge on any atom is -0.508 e. The highest BCUT2D eigenvalue weighted by atomic mass is 16.4. The molecule has 0 saturated heterocycles. The van der Waals surface area contributed by atoms with Crippen molar-refractivity contribution in [3.63, 3.8) is 0 Å². The number of unbranched alkanes of at least 4 members (excludes halogenated alkanes) is 3. The van der Waals surface area contributed by atoms with E-state index in [1.807, 2.05) is 18.2 Å². The van der Waals surface area contributed by atoms with E-state index in [-0.39, 0.29) is 6.42 Å². The molecule has 88 valence electrons. The first-order valence-electron chi connectivity index (χ1n) is 5.69.